The highest BCUT2D eigenvalue weighted by atomic mass is 19.2. The molecular formula is C10H4F4N4O3. The Kier molecular flexibility index (Phi) is 3.56. The van der Waals surface area contributed by atoms with Gasteiger partial charge in [0.05, 0.1) is 6.07 Å². The Morgan fingerprint density at radius 1 is 1.19 bits per heavy atom. The number of nitrogens with zero attached hydrogens (tertiary/aromatic N) is 2. The van der Waals surface area contributed by atoms with Crippen LogP contribution in [0.2, 0.25) is 0 Å². The fraction of sp³-hybridized carbons (Fsp3) is 0. The van der Waals surface area contributed by atoms with Gasteiger partial charge >= 0.3 is 5.82 Å². The van der Waals surface area contributed by atoms with Crippen molar-refractivity contribution in [2.24, 2.45) is 0 Å². The highest BCUT2D eigenvalue weighted by Gasteiger charge is 2.23. The smallest absolute Gasteiger partial charge is 0.343 e. The average molecular weight is 304 g/mol. The number of hydrogen-bond donors (Lipinski definition) is 2. The standard InChI is InChI=1S/C10H4F4N4O3/c11-3-1-4(12)8(14)9(7(3)13)15-10(19)5-2-6(17-16-5)18(20)21/h1-2H,(H,15,19)(H,16,17). The van der Waals surface area contributed by atoms with Gasteiger partial charge in [-0.15, -0.1) is 5.10 Å². The molecule has 2 N–H and O–H groups in total. The SMILES string of the molecule is O=C(Nc1c(F)c(F)cc(F)c1F)c1cc([N+](=O)[O-])[nH]n1. The summed E-state index contributed by atoms with van der Waals surface area (Å²) in [5.41, 5.74) is -1.95. The molecule has 0 spiro atoms. The number of nitrogens with one attached hydrogen (secondary N) is 2. The highest BCUT2D eigenvalue weighted by Crippen LogP contribution is 2.24. The third-order valence-corrected chi connectivity index (χ3v) is 2.34. The molecule has 0 aliphatic carbocycles. The number of benzene rings is 1. The van der Waals surface area contributed by atoms with Crippen molar-refractivity contribution in [1.82, 2.24) is 10.2 Å². The van der Waals surface area contributed by atoms with E-state index in [0.29, 0.717) is 6.07 Å². The number of nitro groups is 1. The normalized spacial score (nSPS) is 10.5. The van der Waals surface area contributed by atoms with Crippen LogP contribution in [0.4, 0.5) is 29.1 Å². The molecule has 110 valence electrons. The van der Waals surface area contributed by atoms with Crippen LogP contribution in [0.5, 0.6) is 0 Å². The third kappa shape index (κ3) is 2.66. The molecule has 21 heavy (non-hydrogen) atoms. The fourth-order valence-electron chi connectivity index (χ4n) is 1.38. The number of carbonyl (C=O) groups excluding carboxylic acids is 1. The van der Waals surface area contributed by atoms with Crippen molar-refractivity contribution in [2.45, 2.75) is 0 Å². The Balaban J connectivity index is 2.33. The van der Waals surface area contributed by atoms with Crippen molar-refractivity contribution in [2.75, 3.05) is 5.32 Å². The van der Waals surface area contributed by atoms with E-state index in [1.165, 1.54) is 0 Å². The minimum Gasteiger partial charge on any atom is -0.358 e. The first kappa shape index (κ1) is 14.4. The van der Waals surface area contributed by atoms with Crippen LogP contribution in [0.3, 0.4) is 0 Å². The zero-order chi connectivity index (χ0) is 15.7. The molecule has 1 amide bonds. The maximum atomic E-state index is 13.3. The molecule has 0 saturated heterocycles. The summed E-state index contributed by atoms with van der Waals surface area (Å²) in [7, 11) is 0. The predicted molar refractivity (Wildman–Crippen MR) is 59.5 cm³/mol. The second-order valence-electron chi connectivity index (χ2n) is 3.69. The number of rotatable bonds is 3. The van der Waals surface area contributed by atoms with Crippen molar-refractivity contribution in [3.63, 3.8) is 0 Å². The fourth-order valence-corrected chi connectivity index (χ4v) is 1.38. The molecule has 0 atom stereocenters. The molecule has 0 unspecified atom stereocenters. The van der Waals surface area contributed by atoms with Crippen molar-refractivity contribution >= 4 is 17.4 Å². The molecule has 0 aliphatic rings. The lowest BCUT2D eigenvalue weighted by atomic mass is 10.2. The quantitative estimate of drug-likeness (QED) is 0.392. The Morgan fingerprint density at radius 3 is 2.24 bits per heavy atom. The summed E-state index contributed by atoms with van der Waals surface area (Å²) >= 11 is 0. The molecule has 1 aromatic carbocycles. The number of carbonyl (C=O) groups is 1. The van der Waals surface area contributed by atoms with Gasteiger partial charge in [0.25, 0.3) is 5.91 Å². The summed E-state index contributed by atoms with van der Waals surface area (Å²) in [4.78, 5) is 21.1. The summed E-state index contributed by atoms with van der Waals surface area (Å²) in [6.07, 6.45) is 0. The zero-order valence-electron chi connectivity index (χ0n) is 9.79. The monoisotopic (exact) mass is 304 g/mol. The summed E-state index contributed by atoms with van der Waals surface area (Å²) in [6.45, 7) is 0. The van der Waals surface area contributed by atoms with E-state index in [1.54, 1.807) is 5.32 Å². The Hall–Kier alpha value is -2.98. The van der Waals surface area contributed by atoms with Crippen molar-refractivity contribution < 1.29 is 27.3 Å². The van der Waals surface area contributed by atoms with E-state index in [0.717, 1.165) is 0 Å². The first-order valence-electron chi connectivity index (χ1n) is 5.15. The number of anilines is 1. The number of aromatic nitrogens is 2. The molecule has 0 aliphatic heterocycles. The first-order chi connectivity index (χ1) is 9.81. The number of aromatic amines is 1. The lowest BCUT2D eigenvalue weighted by Crippen LogP contribution is -2.16. The molecular weight excluding hydrogens is 300 g/mol. The Bertz CT molecular complexity index is 720. The summed E-state index contributed by atoms with van der Waals surface area (Å²) in [6, 6.07) is 0.653. The maximum Gasteiger partial charge on any atom is 0.343 e. The molecule has 0 radical (unpaired) electrons. The number of H-pyrrole nitrogens is 1. The zero-order valence-corrected chi connectivity index (χ0v) is 9.79. The van der Waals surface area contributed by atoms with E-state index in [-0.39, 0.29) is 6.07 Å². The van der Waals surface area contributed by atoms with Crippen LogP contribution >= 0.6 is 0 Å². The van der Waals surface area contributed by atoms with Gasteiger partial charge in [-0.25, -0.2) is 17.6 Å². The van der Waals surface area contributed by atoms with Gasteiger partial charge in [-0.05, 0) is 4.92 Å². The lowest BCUT2D eigenvalue weighted by Gasteiger charge is -2.07. The van der Waals surface area contributed by atoms with E-state index < -0.39 is 51.3 Å². The second-order valence-corrected chi connectivity index (χ2v) is 3.69. The van der Waals surface area contributed by atoms with Gasteiger partial charge in [0, 0.05) is 6.07 Å². The minimum atomic E-state index is -1.81. The van der Waals surface area contributed by atoms with Gasteiger partial charge < -0.3 is 15.4 Å². The van der Waals surface area contributed by atoms with E-state index in [1.807, 2.05) is 5.10 Å². The Labute approximate surface area is 112 Å². The summed E-state index contributed by atoms with van der Waals surface area (Å²) in [5.74, 6) is -8.98. The highest BCUT2D eigenvalue weighted by molar-refractivity contribution is 6.03. The van der Waals surface area contributed by atoms with Crippen molar-refractivity contribution in [3.8, 4) is 0 Å². The van der Waals surface area contributed by atoms with Gasteiger partial charge in [0.15, 0.2) is 29.0 Å². The summed E-state index contributed by atoms with van der Waals surface area (Å²) in [5, 5.41) is 17.0. The maximum absolute atomic E-state index is 13.3. The third-order valence-electron chi connectivity index (χ3n) is 2.34. The largest absolute Gasteiger partial charge is 0.358 e. The second kappa shape index (κ2) is 5.19. The van der Waals surface area contributed by atoms with Crippen LogP contribution in [-0.4, -0.2) is 21.0 Å². The van der Waals surface area contributed by atoms with Crippen LogP contribution in [0.15, 0.2) is 12.1 Å². The predicted octanol–water partition coefficient (Wildman–Crippen LogP) is 2.13. The van der Waals surface area contributed by atoms with Gasteiger partial charge in [0.1, 0.15) is 5.69 Å². The molecule has 1 aromatic heterocycles. The van der Waals surface area contributed by atoms with Crippen molar-refractivity contribution in [3.05, 3.63) is 51.2 Å². The van der Waals surface area contributed by atoms with E-state index in [9.17, 15) is 32.5 Å². The van der Waals surface area contributed by atoms with E-state index in [2.05, 4.69) is 5.10 Å². The number of amides is 1. The molecule has 1 heterocycles. The number of hydrogen-bond acceptors (Lipinski definition) is 4. The van der Waals surface area contributed by atoms with Gasteiger partial charge in [0.2, 0.25) is 0 Å². The molecule has 0 fully saturated rings. The molecule has 0 bridgehead atoms. The van der Waals surface area contributed by atoms with Gasteiger partial charge in [-0.2, -0.15) is 0 Å². The van der Waals surface area contributed by atoms with Crippen LogP contribution in [0.1, 0.15) is 10.5 Å². The van der Waals surface area contributed by atoms with E-state index >= 15 is 0 Å². The number of halogens is 4. The molecule has 2 rings (SSSR count). The molecule has 2 aromatic rings. The lowest BCUT2D eigenvalue weighted by molar-refractivity contribution is -0.389. The van der Waals surface area contributed by atoms with Gasteiger partial charge in [-0.1, -0.05) is 5.10 Å². The topological polar surface area (TPSA) is 101 Å². The summed E-state index contributed by atoms with van der Waals surface area (Å²) < 4.78 is 52.5. The molecule has 11 heteroatoms. The molecule has 7 nitrogen and oxygen atoms in total. The Morgan fingerprint density at radius 2 is 1.76 bits per heavy atom. The van der Waals surface area contributed by atoms with Crippen LogP contribution in [-0.2, 0) is 0 Å². The van der Waals surface area contributed by atoms with E-state index in [4.69, 9.17) is 0 Å². The molecule has 0 saturated carbocycles. The van der Waals surface area contributed by atoms with Crippen molar-refractivity contribution in [1.29, 1.82) is 0 Å². The van der Waals surface area contributed by atoms with Crippen LogP contribution in [0, 0.1) is 33.4 Å². The van der Waals surface area contributed by atoms with Gasteiger partial charge in [-0.3, -0.25) is 4.79 Å². The minimum absolute atomic E-state index is 0.0281. The van der Waals surface area contributed by atoms with Crippen LogP contribution < -0.4 is 5.32 Å². The average Bonchev–Trinajstić information content (AvgIpc) is 2.91. The van der Waals surface area contributed by atoms with Crippen LogP contribution in [0.25, 0.3) is 0 Å². The first-order valence-corrected chi connectivity index (χ1v) is 5.15.